The summed E-state index contributed by atoms with van der Waals surface area (Å²) >= 11 is 1.34. The molecule has 0 aliphatic carbocycles. The molecule has 27 heavy (non-hydrogen) atoms. The van der Waals surface area contributed by atoms with Crippen molar-refractivity contribution in [1.29, 1.82) is 0 Å². The molecule has 8 heteroatoms. The lowest BCUT2D eigenvalue weighted by atomic mass is 10.2. The highest BCUT2D eigenvalue weighted by atomic mass is 32.1. The van der Waals surface area contributed by atoms with Crippen molar-refractivity contribution in [2.75, 3.05) is 4.90 Å². The number of thiophene rings is 1. The normalized spacial score (nSPS) is 11.8. The van der Waals surface area contributed by atoms with Crippen LogP contribution in [-0.2, 0) is 4.74 Å². The van der Waals surface area contributed by atoms with E-state index in [4.69, 9.17) is 4.74 Å². The van der Waals surface area contributed by atoms with Gasteiger partial charge in [0, 0.05) is 6.04 Å². The maximum Gasteiger partial charge on any atom is 0.416 e. The van der Waals surface area contributed by atoms with E-state index in [2.05, 4.69) is 15.0 Å². The molecule has 3 aromatic rings. The van der Waals surface area contributed by atoms with E-state index < -0.39 is 11.7 Å². The number of fused-ring (bicyclic) bond motifs is 1. The van der Waals surface area contributed by atoms with Gasteiger partial charge in [0.15, 0.2) is 5.82 Å². The fourth-order valence-corrected chi connectivity index (χ4v) is 3.29. The molecule has 0 radical (unpaired) electrons. The zero-order chi connectivity index (χ0) is 19.8. The quantitative estimate of drug-likeness (QED) is 0.729. The van der Waals surface area contributed by atoms with Crippen molar-refractivity contribution in [3.63, 3.8) is 0 Å². The first kappa shape index (κ1) is 19.0. The molecule has 3 rings (SSSR count). The number of nitrogens with one attached hydrogen (secondary N) is 1. The molecule has 1 amide bonds. The summed E-state index contributed by atoms with van der Waals surface area (Å²) in [7, 11) is 0. The van der Waals surface area contributed by atoms with E-state index in [1.54, 1.807) is 24.3 Å². The number of carbonyl (C=O) groups excluding carboxylic acids is 1. The highest BCUT2D eigenvalue weighted by Gasteiger charge is 2.26. The van der Waals surface area contributed by atoms with Crippen molar-refractivity contribution in [3.05, 3.63) is 40.0 Å². The van der Waals surface area contributed by atoms with Crippen molar-refractivity contribution < 1.29 is 9.53 Å². The van der Waals surface area contributed by atoms with Crippen LogP contribution in [0.5, 0.6) is 0 Å². The zero-order valence-corrected chi connectivity index (χ0v) is 16.8. The molecule has 1 N–H and O–H groups in total. The lowest BCUT2D eigenvalue weighted by Crippen LogP contribution is -2.41. The monoisotopic (exact) mass is 386 g/mol. The first-order chi connectivity index (χ1) is 12.7. The van der Waals surface area contributed by atoms with Gasteiger partial charge in [-0.1, -0.05) is 6.07 Å². The number of rotatable bonds is 3. The molecule has 142 valence electrons. The maximum absolute atomic E-state index is 12.6. The number of hydrogen-bond acceptors (Lipinski definition) is 6. The van der Waals surface area contributed by atoms with Crippen LogP contribution in [0.15, 0.2) is 34.4 Å². The molecule has 0 aliphatic heterocycles. The highest BCUT2D eigenvalue weighted by Crippen LogP contribution is 2.23. The minimum absolute atomic E-state index is 0.158. The summed E-state index contributed by atoms with van der Waals surface area (Å²) in [5.74, 6) is 0.797. The Balaban J connectivity index is 2.02. The van der Waals surface area contributed by atoms with Gasteiger partial charge < -0.3 is 9.72 Å². The Morgan fingerprint density at radius 1 is 1.22 bits per heavy atom. The first-order valence-electron chi connectivity index (χ1n) is 8.63. The Morgan fingerprint density at radius 2 is 1.96 bits per heavy atom. The predicted octanol–water partition coefficient (Wildman–Crippen LogP) is 4.20. The van der Waals surface area contributed by atoms with Gasteiger partial charge in [-0.05, 0) is 58.2 Å². The number of aromatic nitrogens is 3. The van der Waals surface area contributed by atoms with Crippen LogP contribution >= 0.6 is 11.3 Å². The molecular weight excluding hydrogens is 364 g/mol. The van der Waals surface area contributed by atoms with Crippen LogP contribution in [0, 0.1) is 0 Å². The van der Waals surface area contributed by atoms with E-state index in [-0.39, 0.29) is 11.6 Å². The van der Waals surface area contributed by atoms with Gasteiger partial charge in [-0.2, -0.15) is 0 Å². The van der Waals surface area contributed by atoms with Crippen molar-refractivity contribution >= 4 is 33.5 Å². The fraction of sp³-hybridized carbons (Fsp3) is 0.368. The molecule has 0 aliphatic rings. The van der Waals surface area contributed by atoms with Crippen molar-refractivity contribution in [3.8, 4) is 11.5 Å². The highest BCUT2D eigenvalue weighted by molar-refractivity contribution is 7.17. The van der Waals surface area contributed by atoms with Crippen LogP contribution in [0.4, 0.5) is 10.6 Å². The second-order valence-electron chi connectivity index (χ2n) is 7.37. The number of ether oxygens (including phenoxy) is 1. The number of carbonyl (C=O) groups is 1. The van der Waals surface area contributed by atoms with E-state index in [9.17, 15) is 9.59 Å². The van der Waals surface area contributed by atoms with Gasteiger partial charge in [0.2, 0.25) is 0 Å². The third-order valence-electron chi connectivity index (χ3n) is 3.65. The number of amides is 1. The summed E-state index contributed by atoms with van der Waals surface area (Å²) in [5.41, 5.74) is 0.286. The van der Waals surface area contributed by atoms with Crippen LogP contribution in [0.1, 0.15) is 34.6 Å². The smallest absolute Gasteiger partial charge is 0.416 e. The SMILES string of the molecule is CC(C)N(C(=O)OC(C)(C)C)c1cccc(-c2nc3ccsc3c(=O)[nH]2)n1. The Labute approximate surface area is 161 Å². The van der Waals surface area contributed by atoms with Gasteiger partial charge in [0.25, 0.3) is 5.56 Å². The average molecular weight is 386 g/mol. The molecule has 0 bridgehead atoms. The summed E-state index contributed by atoms with van der Waals surface area (Å²) < 4.78 is 6.08. The largest absolute Gasteiger partial charge is 0.443 e. The third-order valence-corrected chi connectivity index (χ3v) is 4.55. The Kier molecular flexibility index (Phi) is 5.01. The molecule has 0 saturated carbocycles. The molecular formula is C19H22N4O3S. The minimum atomic E-state index is -0.612. The van der Waals surface area contributed by atoms with Gasteiger partial charge in [-0.15, -0.1) is 11.3 Å². The molecule has 0 spiro atoms. The topological polar surface area (TPSA) is 88.2 Å². The van der Waals surface area contributed by atoms with Crippen LogP contribution < -0.4 is 10.5 Å². The van der Waals surface area contributed by atoms with E-state index >= 15 is 0 Å². The summed E-state index contributed by atoms with van der Waals surface area (Å²) in [4.78, 5) is 38.1. The van der Waals surface area contributed by atoms with Crippen LogP contribution in [-0.4, -0.2) is 32.7 Å². The molecule has 0 saturated heterocycles. The Morgan fingerprint density at radius 3 is 2.63 bits per heavy atom. The van der Waals surface area contributed by atoms with Gasteiger partial charge in [0.05, 0.1) is 5.52 Å². The zero-order valence-electron chi connectivity index (χ0n) is 15.9. The Hall–Kier alpha value is -2.74. The van der Waals surface area contributed by atoms with Gasteiger partial charge in [-0.25, -0.2) is 14.8 Å². The van der Waals surface area contributed by atoms with Gasteiger partial charge in [0.1, 0.15) is 21.8 Å². The van der Waals surface area contributed by atoms with Gasteiger partial charge >= 0.3 is 6.09 Å². The lowest BCUT2D eigenvalue weighted by Gasteiger charge is -2.29. The molecule has 0 aromatic carbocycles. The molecule has 0 atom stereocenters. The summed E-state index contributed by atoms with van der Waals surface area (Å²) in [6, 6.07) is 6.88. The van der Waals surface area contributed by atoms with E-state index in [1.807, 2.05) is 40.0 Å². The number of anilines is 1. The fourth-order valence-electron chi connectivity index (χ4n) is 2.56. The summed E-state index contributed by atoms with van der Waals surface area (Å²) in [6.45, 7) is 9.22. The number of aromatic amines is 1. The molecule has 0 unspecified atom stereocenters. The Bertz CT molecular complexity index is 1030. The summed E-state index contributed by atoms with van der Waals surface area (Å²) in [6.07, 6.45) is -0.475. The van der Waals surface area contributed by atoms with E-state index in [0.717, 1.165) is 0 Å². The number of nitrogens with zero attached hydrogens (tertiary/aromatic N) is 3. The third kappa shape index (κ3) is 4.16. The van der Waals surface area contributed by atoms with E-state index in [0.29, 0.717) is 27.6 Å². The number of pyridine rings is 1. The van der Waals surface area contributed by atoms with Crippen molar-refractivity contribution in [2.45, 2.75) is 46.3 Å². The molecule has 7 nitrogen and oxygen atoms in total. The standard InChI is InChI=1S/C19H22N4O3S/c1-11(2)23(18(25)26-19(3,4)5)14-8-6-7-13(20-14)16-21-12-9-10-27-15(12)17(24)22-16/h6-11H,1-5H3,(H,21,22,24). The second-order valence-corrected chi connectivity index (χ2v) is 8.29. The molecule has 0 fully saturated rings. The minimum Gasteiger partial charge on any atom is -0.443 e. The lowest BCUT2D eigenvalue weighted by molar-refractivity contribution is 0.0569. The summed E-state index contributed by atoms with van der Waals surface area (Å²) in [5, 5.41) is 1.82. The second kappa shape index (κ2) is 7.11. The number of hydrogen-bond donors (Lipinski definition) is 1. The predicted molar refractivity (Wildman–Crippen MR) is 107 cm³/mol. The number of H-pyrrole nitrogens is 1. The van der Waals surface area contributed by atoms with Crippen LogP contribution in [0.2, 0.25) is 0 Å². The molecule has 3 aromatic heterocycles. The van der Waals surface area contributed by atoms with Crippen LogP contribution in [0.25, 0.3) is 21.7 Å². The van der Waals surface area contributed by atoms with E-state index in [1.165, 1.54) is 16.2 Å². The first-order valence-corrected chi connectivity index (χ1v) is 9.51. The van der Waals surface area contributed by atoms with Crippen LogP contribution in [0.3, 0.4) is 0 Å². The molecule has 3 heterocycles. The average Bonchev–Trinajstić information content (AvgIpc) is 3.02. The van der Waals surface area contributed by atoms with Crippen molar-refractivity contribution in [1.82, 2.24) is 15.0 Å². The van der Waals surface area contributed by atoms with Crippen molar-refractivity contribution in [2.24, 2.45) is 0 Å². The maximum atomic E-state index is 12.6. The van der Waals surface area contributed by atoms with Gasteiger partial charge in [-0.3, -0.25) is 9.69 Å².